The van der Waals surface area contributed by atoms with E-state index in [9.17, 15) is 36.7 Å². The van der Waals surface area contributed by atoms with Crippen LogP contribution in [0.2, 0.25) is 0 Å². The molecule has 81 heavy (non-hydrogen) atoms. The molecule has 4 aromatic carbocycles. The third kappa shape index (κ3) is 14.8. The van der Waals surface area contributed by atoms with E-state index >= 15 is 0 Å². The smallest absolute Gasteiger partial charge is 0.266 e. The van der Waals surface area contributed by atoms with Crippen LogP contribution in [-0.2, 0) is 26.1 Å². The zero-order chi connectivity index (χ0) is 56.5. The number of carbonyl (C=O) groups excluding carboxylic acids is 2. The predicted molar refractivity (Wildman–Crippen MR) is 297 cm³/mol. The summed E-state index contributed by atoms with van der Waals surface area (Å²) in [6, 6.07) is 21.9. The number of aryl methyl sites for hydroxylation is 1. The molecule has 10 rings (SSSR count). The van der Waals surface area contributed by atoms with Crippen LogP contribution in [0.5, 0.6) is 0 Å². The van der Waals surface area contributed by atoms with Crippen molar-refractivity contribution < 1.29 is 27.2 Å². The molecule has 0 fully saturated rings. The van der Waals surface area contributed by atoms with Crippen LogP contribution in [-0.4, -0.2) is 86.6 Å². The molecule has 6 heterocycles. The van der Waals surface area contributed by atoms with Crippen molar-refractivity contribution in [3.63, 3.8) is 0 Å². The maximum absolute atomic E-state index is 13.5. The Morgan fingerprint density at radius 1 is 0.593 bits per heavy atom. The fourth-order valence-electron chi connectivity index (χ4n) is 8.04. The number of hydrogen-bond donors (Lipinski definition) is 4. The van der Waals surface area contributed by atoms with E-state index in [4.69, 9.17) is 0 Å². The monoisotopic (exact) mass is 1110 g/mol. The number of imidazole rings is 1. The molecule has 23 heteroatoms. The number of amides is 2. The molecule has 0 spiro atoms. The van der Waals surface area contributed by atoms with Gasteiger partial charge >= 0.3 is 0 Å². The molecule has 0 saturated heterocycles. The molecule has 0 aliphatic carbocycles. The molecule has 0 bridgehead atoms. The molecule has 0 radical (unpaired) electrons. The number of anilines is 2. The first kappa shape index (κ1) is 55.4. The zero-order valence-corrected chi connectivity index (χ0v) is 43.6. The Labute approximate surface area is 463 Å². The Balaban J connectivity index is 0.000000196. The van der Waals surface area contributed by atoms with Gasteiger partial charge < -0.3 is 25.8 Å². The van der Waals surface area contributed by atoms with Crippen molar-refractivity contribution in [2.24, 2.45) is 0 Å². The van der Waals surface area contributed by atoms with Gasteiger partial charge in [-0.05, 0) is 96.1 Å². The van der Waals surface area contributed by atoms with Crippen LogP contribution in [0.25, 0.3) is 21.8 Å². The van der Waals surface area contributed by atoms with E-state index in [1.54, 1.807) is 23.9 Å². The van der Waals surface area contributed by atoms with E-state index in [1.807, 2.05) is 53.2 Å². The number of hydrogen-bond acceptors (Lipinski definition) is 14. The van der Waals surface area contributed by atoms with Crippen LogP contribution >= 0.6 is 11.3 Å². The van der Waals surface area contributed by atoms with Gasteiger partial charge in [-0.25, -0.2) is 52.4 Å². The van der Waals surface area contributed by atoms with Gasteiger partial charge in [0.25, 0.3) is 22.9 Å². The van der Waals surface area contributed by atoms with Crippen molar-refractivity contribution in [3.8, 4) is 23.7 Å². The maximum atomic E-state index is 13.5. The van der Waals surface area contributed by atoms with E-state index in [0.29, 0.717) is 34.6 Å². The van der Waals surface area contributed by atoms with Crippen LogP contribution in [0.3, 0.4) is 0 Å². The van der Waals surface area contributed by atoms with Crippen LogP contribution in [0.15, 0.2) is 156 Å². The minimum Gasteiger partial charge on any atom is -0.369 e. The van der Waals surface area contributed by atoms with Crippen LogP contribution < -0.4 is 32.4 Å². The summed E-state index contributed by atoms with van der Waals surface area (Å²) in [6.45, 7) is 2.11. The molecule has 406 valence electrons. The molecular weight excluding hydrogens is 1060 g/mol. The van der Waals surface area contributed by atoms with E-state index in [0.717, 1.165) is 99.3 Å². The van der Waals surface area contributed by atoms with Gasteiger partial charge in [-0.1, -0.05) is 41.9 Å². The molecule has 2 amide bonds. The second-order valence-corrected chi connectivity index (χ2v) is 18.7. The number of halogens is 4. The maximum Gasteiger partial charge on any atom is 0.266 e. The van der Waals surface area contributed by atoms with Crippen molar-refractivity contribution in [1.29, 1.82) is 0 Å². The van der Waals surface area contributed by atoms with Gasteiger partial charge in [0.2, 0.25) is 0 Å². The molecular formula is C58H46F4N14O4S. The summed E-state index contributed by atoms with van der Waals surface area (Å²) in [5.74, 6) is 7.89. The molecule has 0 saturated carbocycles. The molecule has 10 aromatic rings. The Morgan fingerprint density at radius 3 is 1.63 bits per heavy atom. The fourth-order valence-corrected chi connectivity index (χ4v) is 8.75. The number of nitrogens with one attached hydrogen (secondary N) is 4. The van der Waals surface area contributed by atoms with Gasteiger partial charge in [0.15, 0.2) is 23.3 Å². The minimum absolute atomic E-state index is 0.00834. The number of fused-ring (bicyclic) bond motifs is 2. The lowest BCUT2D eigenvalue weighted by atomic mass is 10.1. The van der Waals surface area contributed by atoms with Gasteiger partial charge in [0, 0.05) is 71.2 Å². The highest BCUT2D eigenvalue weighted by Gasteiger charge is 2.16. The molecule has 4 N–H and O–H groups in total. The molecule has 18 nitrogen and oxygen atoms in total. The first-order valence-electron chi connectivity index (χ1n) is 24.9. The summed E-state index contributed by atoms with van der Waals surface area (Å²) in [7, 11) is 0. The van der Waals surface area contributed by atoms with Crippen molar-refractivity contribution in [2.75, 3.05) is 36.8 Å². The lowest BCUT2D eigenvalue weighted by molar-refractivity contribution is 0.0948. The van der Waals surface area contributed by atoms with Gasteiger partial charge in [0.05, 0.1) is 56.2 Å². The van der Waals surface area contributed by atoms with E-state index < -0.39 is 46.2 Å². The minimum atomic E-state index is -1.02. The third-order valence-electron chi connectivity index (χ3n) is 12.1. The summed E-state index contributed by atoms with van der Waals surface area (Å²) in [5, 5.41) is 15.6. The van der Waals surface area contributed by atoms with Crippen LogP contribution in [0.4, 0.5) is 29.2 Å². The summed E-state index contributed by atoms with van der Waals surface area (Å²) >= 11 is 1.71. The Hall–Kier alpha value is -10.4. The largest absolute Gasteiger partial charge is 0.369 e. The number of rotatable bonds is 17. The number of benzene rings is 4. The second kappa shape index (κ2) is 26.8. The Bertz CT molecular complexity index is 4140. The van der Waals surface area contributed by atoms with Crippen molar-refractivity contribution in [2.45, 2.75) is 32.5 Å². The predicted octanol–water partition coefficient (Wildman–Crippen LogP) is 7.00. The van der Waals surface area contributed by atoms with Crippen LogP contribution in [0.1, 0.15) is 54.3 Å². The molecule has 0 aliphatic rings. The number of nitrogens with zero attached hydrogens (tertiary/aromatic N) is 10. The molecule has 0 atom stereocenters. The second-order valence-electron chi connectivity index (χ2n) is 17.7. The third-order valence-corrected chi connectivity index (χ3v) is 13.0. The standard InChI is InChI=1S/C29H24F2N8O2.C29H22F2N6O2S/c30-24-6-4-21(14-25(24)31)16-39-19-33-15-23(29(39)41)28(40)35-8-1-3-20-5-7-26-22(13-20)27(37-17-36-26)34-9-2-11-38-12-10-32-18-38;30-24-7-5-20(14-25(24)31)16-37-18-32-15-23(29(37)39)28(38)34-10-1-3-19-6-8-26-22(13-19)27(36-17-35-26)33-11-9-21-4-2-12-40-21/h4-7,10,12-15,17-19H,2,8-9,11,16H2,(H,35,40)(H,34,36,37);2,4-8,12-15,17-18H,9-11,16H2,(H,34,38)(H,33,35,36). The highest BCUT2D eigenvalue weighted by Crippen LogP contribution is 2.22. The highest BCUT2D eigenvalue weighted by atomic mass is 32.1. The zero-order valence-electron chi connectivity index (χ0n) is 42.7. The van der Waals surface area contributed by atoms with E-state index in [1.165, 1.54) is 42.3 Å². The quantitative estimate of drug-likeness (QED) is 0.0410. The van der Waals surface area contributed by atoms with E-state index in [2.05, 4.69) is 91.3 Å². The van der Waals surface area contributed by atoms with E-state index in [-0.39, 0.29) is 37.3 Å². The Kier molecular flexibility index (Phi) is 18.3. The molecule has 0 aliphatic heterocycles. The average molecular weight is 1110 g/mol. The Morgan fingerprint density at radius 2 is 1.14 bits per heavy atom. The molecule has 0 unspecified atom stereocenters. The number of thiophene rings is 1. The number of aromatic nitrogens is 10. The lowest BCUT2D eigenvalue weighted by Crippen LogP contribution is -2.33. The lowest BCUT2D eigenvalue weighted by Gasteiger charge is -2.09. The van der Waals surface area contributed by atoms with Gasteiger partial charge in [-0.3, -0.25) is 28.3 Å². The highest BCUT2D eigenvalue weighted by molar-refractivity contribution is 7.09. The van der Waals surface area contributed by atoms with Crippen LogP contribution in [0, 0.1) is 47.0 Å². The van der Waals surface area contributed by atoms with Gasteiger partial charge in [-0.2, -0.15) is 0 Å². The van der Waals surface area contributed by atoms with Crippen molar-refractivity contribution in [1.82, 2.24) is 59.2 Å². The normalized spacial score (nSPS) is 10.7. The fraction of sp³-hybridized carbons (Fsp3) is 0.155. The SMILES string of the molecule is O=C(NCC#Cc1ccc2ncnc(NCCCn3ccnc3)c2c1)c1cncn(Cc2ccc(F)c(F)c2)c1=O.O=C(NCC#Cc1ccc2ncnc(NCCc3cccs3)c2c1)c1cncn(Cc2ccc(F)c(F)c2)c1=O. The first-order valence-corrected chi connectivity index (χ1v) is 25.8. The topological polar surface area (TPSA) is 221 Å². The number of carbonyl (C=O) groups is 2. The van der Waals surface area contributed by atoms with Gasteiger partial charge in [0.1, 0.15) is 35.4 Å². The first-order chi connectivity index (χ1) is 39.4. The summed E-state index contributed by atoms with van der Waals surface area (Å²) in [4.78, 5) is 81.3. The summed E-state index contributed by atoms with van der Waals surface area (Å²) in [5.41, 5.74) is 2.07. The van der Waals surface area contributed by atoms with Gasteiger partial charge in [-0.15, -0.1) is 11.3 Å². The van der Waals surface area contributed by atoms with Crippen molar-refractivity contribution >= 4 is 56.6 Å². The average Bonchev–Trinajstić information content (AvgIpc) is 4.23. The van der Waals surface area contributed by atoms with Crippen molar-refractivity contribution in [3.05, 3.63) is 229 Å². The summed E-state index contributed by atoms with van der Waals surface area (Å²) < 4.78 is 57.7. The summed E-state index contributed by atoms with van der Waals surface area (Å²) in [6.07, 6.45) is 15.0. The molecule has 6 aromatic heterocycles.